The van der Waals surface area contributed by atoms with Crippen molar-refractivity contribution in [2.75, 3.05) is 7.05 Å². The third-order valence-corrected chi connectivity index (χ3v) is 22.6. The summed E-state index contributed by atoms with van der Waals surface area (Å²) in [5.41, 5.74) is 0. The number of hydrogen-bond acceptors (Lipinski definition) is 6. The topological polar surface area (TPSA) is 58.2 Å². The van der Waals surface area contributed by atoms with Crippen LogP contribution in [0.1, 0.15) is 0 Å². The van der Waals surface area contributed by atoms with E-state index < -0.39 is 43.0 Å². The van der Waals surface area contributed by atoms with Crippen LogP contribution in [0.5, 0.6) is 0 Å². The maximum atomic E-state index is 6.34. The first-order valence-electron chi connectivity index (χ1n) is 7.29. The normalized spacial score (nSPS) is 30.6. The Morgan fingerprint density at radius 1 is 0.476 bits per heavy atom. The molecule has 0 spiro atoms. The molecule has 1 N–H and O–H groups in total. The van der Waals surface area contributed by atoms with Crippen molar-refractivity contribution in [3.63, 3.8) is 0 Å². The average molecular weight is 386 g/mol. The SMILES string of the molecule is CN[Si]1(C)O[Si](C)(C)O[Si](C)(C)O[Si](C)(C)O[Si](C)(C)O1. The van der Waals surface area contributed by atoms with Gasteiger partial charge in [-0.05, 0) is 66.0 Å². The summed E-state index contributed by atoms with van der Waals surface area (Å²) in [4.78, 5) is 3.26. The van der Waals surface area contributed by atoms with Gasteiger partial charge < -0.3 is 20.6 Å². The van der Waals surface area contributed by atoms with E-state index in [0.717, 1.165) is 0 Å². The molecule has 0 saturated carbocycles. The van der Waals surface area contributed by atoms with Gasteiger partial charge in [0.25, 0.3) is 0 Å². The molecule has 0 unspecified atom stereocenters. The average Bonchev–Trinajstić information content (AvgIpc) is 2.06. The molecule has 0 aromatic rings. The van der Waals surface area contributed by atoms with Gasteiger partial charge in [0.05, 0.1) is 0 Å². The molecule has 0 amide bonds. The quantitative estimate of drug-likeness (QED) is 0.700. The summed E-state index contributed by atoms with van der Waals surface area (Å²) >= 11 is 0. The van der Waals surface area contributed by atoms with Crippen LogP contribution in [0.3, 0.4) is 0 Å². The Balaban J connectivity index is 3.20. The molecule has 1 rings (SSSR count). The van der Waals surface area contributed by atoms with Crippen molar-refractivity contribution in [3.05, 3.63) is 0 Å². The van der Waals surface area contributed by atoms with Gasteiger partial charge in [0.1, 0.15) is 0 Å². The van der Waals surface area contributed by atoms with E-state index in [0.29, 0.717) is 0 Å². The molecule has 0 radical (unpaired) electrons. The first-order valence-corrected chi connectivity index (χ1v) is 20.9. The standard InChI is InChI=1S/C10H31NO5Si5/c1-11-21(10)15-19(6,7)13-17(2,3)12-18(4,5)14-20(8,9)16-21/h11H,1-10H3. The van der Waals surface area contributed by atoms with Crippen LogP contribution in [-0.4, -0.2) is 50.0 Å². The number of nitrogens with one attached hydrogen (secondary N) is 1. The summed E-state index contributed by atoms with van der Waals surface area (Å²) in [6, 6.07) is 0. The molecule has 1 saturated heterocycles. The van der Waals surface area contributed by atoms with Crippen molar-refractivity contribution < 1.29 is 20.6 Å². The van der Waals surface area contributed by atoms with Gasteiger partial charge in [-0.2, -0.15) is 0 Å². The van der Waals surface area contributed by atoms with Gasteiger partial charge in [0.15, 0.2) is 0 Å². The Kier molecular flexibility index (Phi) is 5.73. The van der Waals surface area contributed by atoms with Crippen LogP contribution >= 0.6 is 0 Å². The minimum Gasteiger partial charge on any atom is -0.416 e. The molecule has 1 aliphatic heterocycles. The van der Waals surface area contributed by atoms with Gasteiger partial charge in [0.2, 0.25) is 0 Å². The van der Waals surface area contributed by atoms with Gasteiger partial charge >= 0.3 is 43.0 Å². The Morgan fingerprint density at radius 2 is 0.714 bits per heavy atom. The predicted molar refractivity (Wildman–Crippen MR) is 96.0 cm³/mol. The molecule has 0 atom stereocenters. The third-order valence-electron chi connectivity index (χ3n) is 2.81. The van der Waals surface area contributed by atoms with E-state index >= 15 is 0 Å². The number of rotatable bonds is 1. The van der Waals surface area contributed by atoms with Crippen LogP contribution in [0.15, 0.2) is 0 Å². The van der Waals surface area contributed by atoms with Crippen LogP contribution in [0.25, 0.3) is 0 Å². The summed E-state index contributed by atoms with van der Waals surface area (Å²) in [7, 11) is -9.94. The van der Waals surface area contributed by atoms with E-state index in [1.807, 2.05) is 13.6 Å². The maximum absolute atomic E-state index is 6.34. The van der Waals surface area contributed by atoms with E-state index in [-0.39, 0.29) is 0 Å². The molecule has 0 bridgehead atoms. The molecular weight excluding hydrogens is 355 g/mol. The smallest absolute Gasteiger partial charge is 0.403 e. The summed E-state index contributed by atoms with van der Waals surface area (Å²) in [6.07, 6.45) is 0. The summed E-state index contributed by atoms with van der Waals surface area (Å²) < 4.78 is 31.6. The summed E-state index contributed by atoms with van der Waals surface area (Å²) in [5, 5.41) is 0. The van der Waals surface area contributed by atoms with E-state index in [2.05, 4.69) is 57.4 Å². The second kappa shape index (κ2) is 6.05. The van der Waals surface area contributed by atoms with Crippen LogP contribution in [0, 0.1) is 0 Å². The predicted octanol–water partition coefficient (Wildman–Crippen LogP) is 2.68. The van der Waals surface area contributed by atoms with Crippen LogP contribution in [-0.2, 0) is 20.6 Å². The van der Waals surface area contributed by atoms with E-state index in [1.54, 1.807) is 0 Å². The molecular formula is C10H31NO5Si5. The van der Waals surface area contributed by atoms with Crippen molar-refractivity contribution in [3.8, 4) is 0 Å². The molecule has 126 valence electrons. The van der Waals surface area contributed by atoms with Crippen molar-refractivity contribution in [2.45, 2.75) is 58.9 Å². The Bertz CT molecular complexity index is 360. The largest absolute Gasteiger partial charge is 0.416 e. The monoisotopic (exact) mass is 385 g/mol. The molecule has 0 aliphatic carbocycles. The fourth-order valence-electron chi connectivity index (χ4n) is 2.92. The van der Waals surface area contributed by atoms with E-state index in [4.69, 9.17) is 20.6 Å². The minimum absolute atomic E-state index is 1.88. The fraction of sp³-hybridized carbons (Fsp3) is 1.00. The summed E-state index contributed by atoms with van der Waals surface area (Å²) in [5.74, 6) is 0. The third kappa shape index (κ3) is 6.46. The van der Waals surface area contributed by atoms with Crippen LogP contribution in [0.2, 0.25) is 58.9 Å². The lowest BCUT2D eigenvalue weighted by Gasteiger charge is -2.46. The highest BCUT2D eigenvalue weighted by Crippen LogP contribution is 2.29. The van der Waals surface area contributed by atoms with Crippen molar-refractivity contribution in [2.24, 2.45) is 0 Å². The first-order chi connectivity index (χ1) is 9.10. The highest BCUT2D eigenvalue weighted by molar-refractivity contribution is 6.92. The van der Waals surface area contributed by atoms with Gasteiger partial charge in [-0.1, -0.05) is 0 Å². The van der Waals surface area contributed by atoms with Gasteiger partial charge in [-0.15, -0.1) is 0 Å². The van der Waals surface area contributed by atoms with Crippen molar-refractivity contribution in [1.82, 2.24) is 4.98 Å². The molecule has 21 heavy (non-hydrogen) atoms. The Morgan fingerprint density at radius 3 is 0.952 bits per heavy atom. The zero-order valence-corrected chi connectivity index (χ0v) is 20.0. The molecule has 11 heteroatoms. The molecule has 1 fully saturated rings. The molecule has 1 aliphatic rings. The van der Waals surface area contributed by atoms with Gasteiger partial charge in [-0.3, -0.25) is 4.98 Å². The molecule has 1 heterocycles. The lowest BCUT2D eigenvalue weighted by Crippen LogP contribution is -2.68. The molecule has 6 nitrogen and oxygen atoms in total. The van der Waals surface area contributed by atoms with Gasteiger partial charge in [-0.25, -0.2) is 0 Å². The summed E-state index contributed by atoms with van der Waals surface area (Å²) in [6.45, 7) is 18.5. The Labute approximate surface area is 134 Å². The van der Waals surface area contributed by atoms with Crippen molar-refractivity contribution >= 4 is 43.0 Å². The van der Waals surface area contributed by atoms with E-state index in [1.165, 1.54) is 0 Å². The van der Waals surface area contributed by atoms with Crippen LogP contribution < -0.4 is 4.98 Å². The first kappa shape index (κ1) is 19.9. The maximum Gasteiger partial charge on any atom is 0.403 e. The van der Waals surface area contributed by atoms with E-state index in [9.17, 15) is 0 Å². The van der Waals surface area contributed by atoms with Crippen LogP contribution in [0.4, 0.5) is 0 Å². The van der Waals surface area contributed by atoms with Gasteiger partial charge in [0, 0.05) is 0 Å². The lowest BCUT2D eigenvalue weighted by molar-refractivity contribution is 0.231. The second-order valence-electron chi connectivity index (χ2n) is 7.31. The number of hydrogen-bond donors (Lipinski definition) is 1. The molecule has 0 aromatic heterocycles. The second-order valence-corrected chi connectivity index (χ2v) is 25.0. The zero-order chi connectivity index (χ0) is 16.7. The Hall–Kier alpha value is 0.844. The molecule has 0 aromatic carbocycles. The minimum atomic E-state index is -2.53. The fourth-order valence-corrected chi connectivity index (χ4v) is 28.2. The zero-order valence-electron chi connectivity index (χ0n) is 15.0. The van der Waals surface area contributed by atoms with Crippen molar-refractivity contribution in [1.29, 1.82) is 0 Å². The lowest BCUT2D eigenvalue weighted by atomic mass is 11.6. The highest BCUT2D eigenvalue weighted by atomic mass is 28.5. The highest BCUT2D eigenvalue weighted by Gasteiger charge is 2.52.